The number of anilines is 1. The van der Waals surface area contributed by atoms with Gasteiger partial charge < -0.3 is 14.3 Å². The fourth-order valence-corrected chi connectivity index (χ4v) is 6.06. The number of nitrogens with zero attached hydrogens (tertiary/aromatic N) is 6. The molecule has 0 N–H and O–H groups in total. The van der Waals surface area contributed by atoms with E-state index >= 15 is 0 Å². The van der Waals surface area contributed by atoms with Crippen molar-refractivity contribution in [1.82, 2.24) is 14.5 Å². The second kappa shape index (κ2) is 11.4. The van der Waals surface area contributed by atoms with E-state index in [2.05, 4.69) is 20.8 Å². The minimum atomic E-state index is -0.649. The molecule has 4 aromatic rings. The van der Waals surface area contributed by atoms with Crippen molar-refractivity contribution in [2.75, 3.05) is 24.5 Å². The molecule has 1 aliphatic carbocycles. The number of hydrogen-bond donors (Lipinski definition) is 0. The Labute approximate surface area is 247 Å². The maximum absolute atomic E-state index is 14.0. The summed E-state index contributed by atoms with van der Waals surface area (Å²) in [5.74, 6) is -0.296. The predicted octanol–water partition coefficient (Wildman–Crippen LogP) is 5.28. The minimum absolute atomic E-state index is 0.0304. The van der Waals surface area contributed by atoms with Crippen LogP contribution >= 0.6 is 0 Å². The van der Waals surface area contributed by atoms with Crippen LogP contribution in [0.3, 0.4) is 0 Å². The second-order valence-corrected chi connectivity index (χ2v) is 11.2. The fraction of sp³-hybridized carbons (Fsp3) is 0.303. The molecule has 43 heavy (non-hydrogen) atoms. The first-order valence-electron chi connectivity index (χ1n) is 14.1. The lowest BCUT2D eigenvalue weighted by atomic mass is 9.92. The van der Waals surface area contributed by atoms with Gasteiger partial charge in [-0.1, -0.05) is 30.8 Å². The van der Waals surface area contributed by atoms with E-state index in [0.29, 0.717) is 42.1 Å². The third-order valence-electron chi connectivity index (χ3n) is 8.43. The van der Waals surface area contributed by atoms with E-state index in [-0.39, 0.29) is 35.3 Å². The van der Waals surface area contributed by atoms with Crippen molar-refractivity contribution in [3.05, 3.63) is 111 Å². The van der Waals surface area contributed by atoms with Crippen molar-refractivity contribution in [3.8, 4) is 6.07 Å². The zero-order chi connectivity index (χ0) is 30.2. The van der Waals surface area contributed by atoms with Gasteiger partial charge in [-0.3, -0.25) is 14.5 Å². The molecule has 8 nitrogen and oxygen atoms in total. The average Bonchev–Trinajstić information content (AvgIpc) is 3.84. The Morgan fingerprint density at radius 2 is 1.67 bits per heavy atom. The minimum Gasteiger partial charge on any atom is -0.363 e. The number of rotatable bonds is 7. The van der Waals surface area contributed by atoms with Gasteiger partial charge in [-0.05, 0) is 66.3 Å². The number of carbonyl (C=O) groups excluding carboxylic acids is 1. The molecular weight excluding hydrogens is 550 g/mol. The average molecular weight is 579 g/mol. The summed E-state index contributed by atoms with van der Waals surface area (Å²) in [4.78, 5) is 39.1. The molecule has 1 saturated heterocycles. The standard InChI is InChI=1S/C33H28F2N6O2/c1-37-29-14-13-26-30(38-29)32(25(18-36)33(43)39(26)2)40-15-16-41(27(19-40)28(42)17-20-3-4-20)31(21-5-9-23(34)10-6-21)22-7-11-24(35)12-8-22/h5-14,20,27,31H,3-4,15-17,19H2,2H3. The van der Waals surface area contributed by atoms with Crippen LogP contribution in [-0.4, -0.2) is 45.9 Å². The highest BCUT2D eigenvalue weighted by atomic mass is 19.1. The van der Waals surface area contributed by atoms with Crippen LogP contribution in [-0.2, 0) is 11.8 Å². The molecule has 0 radical (unpaired) electrons. The van der Waals surface area contributed by atoms with Crippen LogP contribution in [0.5, 0.6) is 0 Å². The van der Waals surface area contributed by atoms with Crippen LogP contribution < -0.4 is 10.5 Å². The van der Waals surface area contributed by atoms with Crippen molar-refractivity contribution in [1.29, 1.82) is 5.26 Å². The molecule has 2 aliphatic rings. The lowest BCUT2D eigenvalue weighted by Gasteiger charge is -2.45. The van der Waals surface area contributed by atoms with Crippen molar-refractivity contribution in [3.63, 3.8) is 0 Å². The van der Waals surface area contributed by atoms with Gasteiger partial charge in [0.05, 0.1) is 17.6 Å². The van der Waals surface area contributed by atoms with Gasteiger partial charge in [0.25, 0.3) is 11.4 Å². The first kappa shape index (κ1) is 28.2. The first-order valence-corrected chi connectivity index (χ1v) is 14.1. The number of Topliss-reactive ketones (excluding diaryl/α,β-unsaturated/α-hetero) is 1. The van der Waals surface area contributed by atoms with E-state index in [4.69, 9.17) is 6.57 Å². The number of carbonyl (C=O) groups is 1. The number of nitriles is 1. The summed E-state index contributed by atoms with van der Waals surface area (Å²) < 4.78 is 29.3. The van der Waals surface area contributed by atoms with E-state index in [0.717, 1.165) is 24.0 Å². The molecule has 2 aromatic heterocycles. The van der Waals surface area contributed by atoms with Gasteiger partial charge in [-0.25, -0.2) is 8.78 Å². The zero-order valence-electron chi connectivity index (χ0n) is 23.5. The van der Waals surface area contributed by atoms with Gasteiger partial charge in [0, 0.05) is 33.1 Å². The smallest absolute Gasteiger partial charge is 0.271 e. The summed E-state index contributed by atoms with van der Waals surface area (Å²) in [6.07, 6.45) is 2.38. The normalized spacial score (nSPS) is 17.2. The summed E-state index contributed by atoms with van der Waals surface area (Å²) in [6.45, 7) is 8.33. The number of ketones is 1. The van der Waals surface area contributed by atoms with Crippen molar-refractivity contribution in [2.45, 2.75) is 31.3 Å². The summed E-state index contributed by atoms with van der Waals surface area (Å²) >= 11 is 0. The topological polar surface area (TPSA) is 86.6 Å². The van der Waals surface area contributed by atoms with Crippen molar-refractivity contribution < 1.29 is 13.6 Å². The number of aryl methyl sites for hydroxylation is 1. The summed E-state index contributed by atoms with van der Waals surface area (Å²) in [6, 6.07) is 16.3. The van der Waals surface area contributed by atoms with Gasteiger partial charge in [-0.15, -0.1) is 4.98 Å². The van der Waals surface area contributed by atoms with Crippen LogP contribution in [0.2, 0.25) is 0 Å². The number of hydrogen-bond acceptors (Lipinski definition) is 6. The number of pyridine rings is 2. The van der Waals surface area contributed by atoms with E-state index < -0.39 is 17.6 Å². The summed E-state index contributed by atoms with van der Waals surface area (Å²) in [5, 5.41) is 10.1. The zero-order valence-corrected chi connectivity index (χ0v) is 23.5. The Bertz CT molecular complexity index is 1810. The van der Waals surface area contributed by atoms with Gasteiger partial charge >= 0.3 is 0 Å². The lowest BCUT2D eigenvalue weighted by Crippen LogP contribution is -2.58. The van der Waals surface area contributed by atoms with E-state index in [9.17, 15) is 23.6 Å². The van der Waals surface area contributed by atoms with Gasteiger partial charge in [0.1, 0.15) is 29.0 Å². The van der Waals surface area contributed by atoms with Crippen LogP contribution in [0, 0.1) is 35.5 Å². The Balaban J connectivity index is 1.48. The molecule has 1 unspecified atom stereocenters. The highest BCUT2D eigenvalue weighted by Crippen LogP contribution is 2.38. The molecule has 0 spiro atoms. The maximum atomic E-state index is 14.0. The summed E-state index contributed by atoms with van der Waals surface area (Å²) in [5.41, 5.74) is 2.07. The van der Waals surface area contributed by atoms with Gasteiger partial charge in [0.2, 0.25) is 5.52 Å². The predicted molar refractivity (Wildman–Crippen MR) is 158 cm³/mol. The van der Waals surface area contributed by atoms with Crippen LogP contribution in [0.15, 0.2) is 65.5 Å². The highest BCUT2D eigenvalue weighted by Gasteiger charge is 2.41. The van der Waals surface area contributed by atoms with Gasteiger partial charge in [-0.2, -0.15) is 5.26 Å². The summed E-state index contributed by atoms with van der Waals surface area (Å²) in [7, 11) is 1.56. The molecule has 10 heteroatoms. The molecule has 0 bridgehead atoms. The largest absolute Gasteiger partial charge is 0.363 e. The first-order chi connectivity index (χ1) is 20.8. The quantitative estimate of drug-likeness (QED) is 0.277. The Morgan fingerprint density at radius 3 is 2.23 bits per heavy atom. The van der Waals surface area contributed by atoms with Crippen molar-refractivity contribution >= 4 is 28.3 Å². The molecule has 3 heterocycles. The maximum Gasteiger partial charge on any atom is 0.271 e. The molecule has 0 amide bonds. The van der Waals surface area contributed by atoms with Crippen LogP contribution in [0.1, 0.15) is 42.0 Å². The van der Waals surface area contributed by atoms with Crippen LogP contribution in [0.25, 0.3) is 15.9 Å². The third-order valence-corrected chi connectivity index (χ3v) is 8.43. The monoisotopic (exact) mass is 578 g/mol. The van der Waals surface area contributed by atoms with Gasteiger partial charge in [0.15, 0.2) is 5.78 Å². The van der Waals surface area contributed by atoms with Crippen molar-refractivity contribution in [2.24, 2.45) is 13.0 Å². The molecule has 1 aliphatic heterocycles. The van der Waals surface area contributed by atoms with E-state index in [1.165, 1.54) is 34.9 Å². The number of benzene rings is 2. The molecule has 6 rings (SSSR count). The Kier molecular flexibility index (Phi) is 7.47. The van der Waals surface area contributed by atoms with Crippen LogP contribution in [0.4, 0.5) is 20.3 Å². The van der Waals surface area contributed by atoms with E-state index in [1.54, 1.807) is 37.4 Å². The molecule has 2 fully saturated rings. The lowest BCUT2D eigenvalue weighted by molar-refractivity contribution is -0.125. The molecule has 216 valence electrons. The van der Waals surface area contributed by atoms with E-state index in [1.807, 2.05) is 4.90 Å². The number of piperazine rings is 1. The third kappa shape index (κ3) is 5.38. The molecule has 2 aromatic carbocycles. The molecule has 1 atom stereocenters. The Morgan fingerprint density at radius 1 is 1.05 bits per heavy atom. The fourth-order valence-electron chi connectivity index (χ4n) is 6.06. The number of halogens is 2. The SMILES string of the molecule is [C-]#[N+]c1ccc2c(n1)c(N1CCN(C(c3ccc(F)cc3)c3ccc(F)cc3)C(C(=O)CC3CC3)C1)c(C#N)c(=O)n2C. The number of fused-ring (bicyclic) bond motifs is 1. The molecule has 1 saturated carbocycles. The highest BCUT2D eigenvalue weighted by molar-refractivity contribution is 5.93. The molecular formula is C33H28F2N6O2. The second-order valence-electron chi connectivity index (χ2n) is 11.2. The Hall–Kier alpha value is -4.93. The number of aromatic nitrogens is 2.